The van der Waals surface area contributed by atoms with Crippen LogP contribution in [0.3, 0.4) is 0 Å². The highest BCUT2D eigenvalue weighted by Crippen LogP contribution is 2.27. The number of aryl methyl sites for hydroxylation is 1. The maximum atomic E-state index is 12.8. The summed E-state index contributed by atoms with van der Waals surface area (Å²) >= 11 is 1.16. The van der Waals surface area contributed by atoms with E-state index >= 15 is 0 Å². The number of anilines is 2. The first-order valence-electron chi connectivity index (χ1n) is 10.7. The second kappa shape index (κ2) is 9.87. The molecule has 1 aliphatic rings. The predicted molar refractivity (Wildman–Crippen MR) is 133 cm³/mol. The highest BCUT2D eigenvalue weighted by molar-refractivity contribution is 7.92. The Labute approximate surface area is 203 Å². The van der Waals surface area contributed by atoms with Gasteiger partial charge in [0.15, 0.2) is 0 Å². The van der Waals surface area contributed by atoms with Crippen molar-refractivity contribution in [3.63, 3.8) is 0 Å². The van der Waals surface area contributed by atoms with Gasteiger partial charge in [-0.2, -0.15) is 4.31 Å². The largest absolute Gasteiger partial charge is 0.326 e. The molecule has 4 rings (SSSR count). The Kier molecular flexibility index (Phi) is 7.08. The zero-order chi connectivity index (χ0) is 24.3. The van der Waals surface area contributed by atoms with Gasteiger partial charge in [0.05, 0.1) is 10.8 Å². The molecule has 1 aromatic heterocycles. The fourth-order valence-electron chi connectivity index (χ4n) is 3.71. The van der Waals surface area contributed by atoms with Gasteiger partial charge in [0.1, 0.15) is 4.21 Å². The number of benzene rings is 2. The molecule has 8 nitrogen and oxygen atoms in total. The third-order valence-corrected chi connectivity index (χ3v) is 10.2. The van der Waals surface area contributed by atoms with Crippen LogP contribution >= 0.6 is 11.3 Å². The number of nitrogens with one attached hydrogen (secondary N) is 2. The predicted octanol–water partition coefficient (Wildman–Crippen LogP) is 3.90. The Balaban J connectivity index is 1.40. The summed E-state index contributed by atoms with van der Waals surface area (Å²) in [5.41, 5.74) is 1.92. The topological polar surface area (TPSA) is 113 Å². The molecule has 1 aliphatic heterocycles. The van der Waals surface area contributed by atoms with E-state index < -0.39 is 26.0 Å². The average Bonchev–Trinajstić information content (AvgIpc) is 3.37. The van der Waals surface area contributed by atoms with Crippen LogP contribution in [0.2, 0.25) is 0 Å². The lowest BCUT2D eigenvalue weighted by Gasteiger charge is -2.30. The molecule has 1 atom stereocenters. The van der Waals surface area contributed by atoms with Gasteiger partial charge in [0.2, 0.25) is 5.91 Å². The van der Waals surface area contributed by atoms with E-state index in [2.05, 4.69) is 10.0 Å². The molecule has 0 aliphatic carbocycles. The van der Waals surface area contributed by atoms with Crippen LogP contribution in [0.25, 0.3) is 0 Å². The van der Waals surface area contributed by atoms with Crippen LogP contribution in [0, 0.1) is 12.8 Å². The summed E-state index contributed by atoms with van der Waals surface area (Å²) in [5, 5.41) is 4.49. The van der Waals surface area contributed by atoms with E-state index in [1.165, 1.54) is 28.6 Å². The van der Waals surface area contributed by atoms with Crippen LogP contribution < -0.4 is 10.0 Å². The van der Waals surface area contributed by atoms with Crippen molar-refractivity contribution < 1.29 is 21.6 Å². The number of rotatable bonds is 7. The van der Waals surface area contributed by atoms with Crippen molar-refractivity contribution in [3.8, 4) is 0 Å². The maximum absolute atomic E-state index is 12.8. The van der Waals surface area contributed by atoms with Gasteiger partial charge >= 0.3 is 0 Å². The smallest absolute Gasteiger partial charge is 0.261 e. The Bertz CT molecular complexity index is 1350. The minimum Gasteiger partial charge on any atom is -0.326 e. The fourth-order valence-corrected chi connectivity index (χ4v) is 7.44. The molecule has 2 heterocycles. The molecule has 1 fully saturated rings. The van der Waals surface area contributed by atoms with Crippen LogP contribution in [0.4, 0.5) is 11.4 Å². The van der Waals surface area contributed by atoms with E-state index in [4.69, 9.17) is 0 Å². The zero-order valence-corrected chi connectivity index (χ0v) is 20.9. The summed E-state index contributed by atoms with van der Waals surface area (Å²) < 4.78 is 55.0. The number of thiophene rings is 1. The summed E-state index contributed by atoms with van der Waals surface area (Å²) in [4.78, 5) is 12.9. The molecule has 0 radical (unpaired) electrons. The van der Waals surface area contributed by atoms with Crippen LogP contribution in [0.1, 0.15) is 18.4 Å². The molecule has 180 valence electrons. The van der Waals surface area contributed by atoms with Gasteiger partial charge in [-0.3, -0.25) is 9.52 Å². The van der Waals surface area contributed by atoms with Crippen molar-refractivity contribution in [1.29, 1.82) is 0 Å². The number of piperidine rings is 1. The molecule has 0 saturated carbocycles. The van der Waals surface area contributed by atoms with E-state index in [0.717, 1.165) is 16.9 Å². The minimum atomic E-state index is -3.77. The lowest BCUT2D eigenvalue weighted by molar-refractivity contribution is -0.120. The summed E-state index contributed by atoms with van der Waals surface area (Å²) in [6.07, 6.45) is 1.17. The second-order valence-corrected chi connectivity index (χ2v) is 12.9. The molecule has 3 aromatic rings. The van der Waals surface area contributed by atoms with Gasteiger partial charge in [0.25, 0.3) is 20.0 Å². The van der Waals surface area contributed by atoms with Crippen molar-refractivity contribution in [2.24, 2.45) is 5.92 Å². The molecule has 1 amide bonds. The molecule has 2 aromatic carbocycles. The number of sulfonamides is 2. The molecule has 34 heavy (non-hydrogen) atoms. The Morgan fingerprint density at radius 3 is 2.29 bits per heavy atom. The first kappa shape index (κ1) is 24.4. The molecular formula is C23H25N3O5S3. The summed E-state index contributed by atoms with van der Waals surface area (Å²) in [6, 6.07) is 16.1. The van der Waals surface area contributed by atoms with Gasteiger partial charge < -0.3 is 5.32 Å². The SMILES string of the molecule is Cc1ccc(NS(=O)(=O)c2ccc(NC(=O)[C@H]3CCCN(S(=O)(=O)c4cccs4)C3)cc2)cc1. The average molecular weight is 520 g/mol. The minimum absolute atomic E-state index is 0.0666. The third kappa shape index (κ3) is 5.49. The normalized spacial score (nSPS) is 17.3. The van der Waals surface area contributed by atoms with Gasteiger partial charge in [-0.05, 0) is 67.6 Å². The number of carbonyl (C=O) groups is 1. The van der Waals surface area contributed by atoms with Gasteiger partial charge in [-0.15, -0.1) is 11.3 Å². The van der Waals surface area contributed by atoms with Crippen LogP contribution in [0.15, 0.2) is 75.1 Å². The van der Waals surface area contributed by atoms with Gasteiger partial charge in [-0.25, -0.2) is 16.8 Å². The zero-order valence-electron chi connectivity index (χ0n) is 18.5. The summed E-state index contributed by atoms with van der Waals surface area (Å²) in [7, 11) is -7.38. The van der Waals surface area contributed by atoms with E-state index in [1.54, 1.807) is 29.6 Å². The molecule has 11 heteroatoms. The van der Waals surface area contributed by atoms with E-state index in [0.29, 0.717) is 30.8 Å². The van der Waals surface area contributed by atoms with Gasteiger partial charge in [0, 0.05) is 24.5 Å². The van der Waals surface area contributed by atoms with Gasteiger partial charge in [-0.1, -0.05) is 23.8 Å². The first-order chi connectivity index (χ1) is 16.1. The van der Waals surface area contributed by atoms with E-state index in [9.17, 15) is 21.6 Å². The lowest BCUT2D eigenvalue weighted by atomic mass is 9.99. The van der Waals surface area contributed by atoms with Crippen molar-refractivity contribution >= 4 is 48.7 Å². The number of hydrogen-bond acceptors (Lipinski definition) is 6. The monoisotopic (exact) mass is 519 g/mol. The van der Waals surface area contributed by atoms with Crippen molar-refractivity contribution in [2.45, 2.75) is 28.9 Å². The summed E-state index contributed by atoms with van der Waals surface area (Å²) in [6.45, 7) is 2.41. The number of carbonyl (C=O) groups excluding carboxylic acids is 1. The lowest BCUT2D eigenvalue weighted by Crippen LogP contribution is -2.43. The highest BCUT2D eigenvalue weighted by atomic mass is 32.2. The van der Waals surface area contributed by atoms with Crippen molar-refractivity contribution in [1.82, 2.24) is 4.31 Å². The number of nitrogens with zero attached hydrogens (tertiary/aromatic N) is 1. The molecular weight excluding hydrogens is 494 g/mol. The molecule has 0 spiro atoms. The van der Waals surface area contributed by atoms with Crippen LogP contribution in [-0.2, 0) is 24.8 Å². The third-order valence-electron chi connectivity index (χ3n) is 5.58. The molecule has 0 unspecified atom stereocenters. The van der Waals surface area contributed by atoms with E-state index in [-0.39, 0.29) is 21.6 Å². The molecule has 1 saturated heterocycles. The molecule has 2 N–H and O–H groups in total. The second-order valence-electron chi connectivity index (χ2n) is 8.12. The number of hydrogen-bond donors (Lipinski definition) is 2. The van der Waals surface area contributed by atoms with Crippen molar-refractivity contribution in [3.05, 3.63) is 71.6 Å². The van der Waals surface area contributed by atoms with Crippen molar-refractivity contribution in [2.75, 3.05) is 23.1 Å². The Morgan fingerprint density at radius 1 is 0.971 bits per heavy atom. The quantitative estimate of drug-likeness (QED) is 0.492. The first-order valence-corrected chi connectivity index (χ1v) is 14.5. The fraction of sp³-hybridized carbons (Fsp3) is 0.261. The summed E-state index contributed by atoms with van der Waals surface area (Å²) in [5.74, 6) is -0.783. The molecule has 0 bridgehead atoms. The standard InChI is InChI=1S/C23H25N3O5S3/c1-17-6-8-20(9-7-17)25-33(28,29)21-12-10-19(11-13-21)24-23(27)18-4-2-14-26(16-18)34(30,31)22-5-3-15-32-22/h3,5-13,15,18,25H,2,4,14,16H2,1H3,(H,24,27)/t18-/m0/s1. The highest BCUT2D eigenvalue weighted by Gasteiger charge is 2.33. The van der Waals surface area contributed by atoms with Crippen LogP contribution in [-0.4, -0.2) is 40.1 Å². The van der Waals surface area contributed by atoms with Crippen LogP contribution in [0.5, 0.6) is 0 Å². The Hall–Kier alpha value is -2.73. The van der Waals surface area contributed by atoms with E-state index in [1.807, 2.05) is 19.1 Å². The maximum Gasteiger partial charge on any atom is 0.261 e. The Morgan fingerprint density at radius 2 is 1.65 bits per heavy atom. The number of amides is 1.